The van der Waals surface area contributed by atoms with Crippen molar-refractivity contribution in [1.82, 2.24) is 15.1 Å². The third kappa shape index (κ3) is 2.19. The van der Waals surface area contributed by atoms with Crippen LogP contribution in [0.2, 0.25) is 0 Å². The molecule has 0 aromatic carbocycles. The molecule has 3 N–H and O–H groups in total. The van der Waals surface area contributed by atoms with Gasteiger partial charge in [-0.1, -0.05) is 16.5 Å². The molecule has 0 aliphatic rings. The summed E-state index contributed by atoms with van der Waals surface area (Å²) < 4.78 is 4.60. The van der Waals surface area contributed by atoms with Crippen molar-refractivity contribution in [2.75, 3.05) is 17.6 Å². The van der Waals surface area contributed by atoms with Crippen molar-refractivity contribution in [3.05, 3.63) is 18.4 Å². The van der Waals surface area contributed by atoms with E-state index >= 15 is 0 Å². The highest BCUT2D eigenvalue weighted by atomic mass is 32.1. The van der Waals surface area contributed by atoms with Gasteiger partial charge in [0, 0.05) is 13.0 Å². The molecule has 74 valence electrons. The van der Waals surface area contributed by atoms with Gasteiger partial charge in [-0.15, -0.1) is 0 Å². The van der Waals surface area contributed by atoms with E-state index in [1.165, 1.54) is 17.7 Å². The number of thiazole rings is 1. The SMILES string of the molecule is Nc1cnc(NCCc2ncon2)s1. The average Bonchev–Trinajstić information content (AvgIpc) is 2.77. The molecule has 0 aliphatic carbocycles. The van der Waals surface area contributed by atoms with Crippen molar-refractivity contribution in [2.45, 2.75) is 6.42 Å². The van der Waals surface area contributed by atoms with Crippen LogP contribution in [0.3, 0.4) is 0 Å². The maximum absolute atomic E-state index is 5.52. The van der Waals surface area contributed by atoms with Crippen LogP contribution in [0.4, 0.5) is 10.1 Å². The topological polar surface area (TPSA) is 89.9 Å². The first-order valence-electron chi connectivity index (χ1n) is 4.05. The van der Waals surface area contributed by atoms with Gasteiger partial charge in [-0.2, -0.15) is 4.98 Å². The Labute approximate surface area is 84.2 Å². The number of anilines is 2. The summed E-state index contributed by atoms with van der Waals surface area (Å²) in [4.78, 5) is 7.95. The molecule has 2 aromatic rings. The van der Waals surface area contributed by atoms with E-state index in [4.69, 9.17) is 5.73 Å². The number of hydrogen-bond donors (Lipinski definition) is 2. The zero-order valence-corrected chi connectivity index (χ0v) is 8.12. The number of nitrogens with one attached hydrogen (secondary N) is 1. The molecule has 0 bridgehead atoms. The summed E-state index contributed by atoms with van der Waals surface area (Å²) in [5, 5.41) is 8.31. The van der Waals surface area contributed by atoms with Gasteiger partial charge in [0.1, 0.15) is 5.00 Å². The van der Waals surface area contributed by atoms with Crippen LogP contribution < -0.4 is 11.1 Å². The number of hydrogen-bond acceptors (Lipinski definition) is 7. The normalized spacial score (nSPS) is 10.3. The van der Waals surface area contributed by atoms with Crippen molar-refractivity contribution < 1.29 is 4.52 Å². The van der Waals surface area contributed by atoms with Crippen LogP contribution in [0.1, 0.15) is 5.82 Å². The van der Waals surface area contributed by atoms with Gasteiger partial charge in [0.25, 0.3) is 0 Å². The maximum Gasteiger partial charge on any atom is 0.213 e. The smallest absolute Gasteiger partial charge is 0.213 e. The third-order valence-corrected chi connectivity index (χ3v) is 2.34. The fraction of sp³-hybridized carbons (Fsp3) is 0.286. The first kappa shape index (κ1) is 8.95. The van der Waals surface area contributed by atoms with Gasteiger partial charge in [-0.05, 0) is 0 Å². The van der Waals surface area contributed by atoms with E-state index in [2.05, 4.69) is 25.0 Å². The first-order chi connectivity index (χ1) is 6.84. The number of nitrogen functional groups attached to an aromatic ring is 1. The standard InChI is InChI=1S/C7H9N5OS/c8-5-3-10-7(14-5)9-2-1-6-11-4-13-12-6/h3-4H,1-2,8H2,(H,9,10). The average molecular weight is 211 g/mol. The highest BCUT2D eigenvalue weighted by Crippen LogP contribution is 2.18. The molecule has 0 amide bonds. The molecule has 0 fully saturated rings. The van der Waals surface area contributed by atoms with Crippen molar-refractivity contribution >= 4 is 21.5 Å². The van der Waals surface area contributed by atoms with Crippen molar-refractivity contribution in [3.8, 4) is 0 Å². The molecule has 0 aliphatic heterocycles. The van der Waals surface area contributed by atoms with Crippen molar-refractivity contribution in [2.24, 2.45) is 0 Å². The minimum Gasteiger partial charge on any atom is -0.389 e. The lowest BCUT2D eigenvalue weighted by molar-refractivity contribution is 0.410. The van der Waals surface area contributed by atoms with E-state index in [1.54, 1.807) is 6.20 Å². The maximum atomic E-state index is 5.52. The second kappa shape index (κ2) is 4.05. The zero-order chi connectivity index (χ0) is 9.80. The van der Waals surface area contributed by atoms with Crippen LogP contribution in [-0.4, -0.2) is 21.7 Å². The fourth-order valence-corrected chi connectivity index (χ4v) is 1.56. The van der Waals surface area contributed by atoms with Crippen molar-refractivity contribution in [3.63, 3.8) is 0 Å². The summed E-state index contributed by atoms with van der Waals surface area (Å²) >= 11 is 1.42. The Balaban J connectivity index is 1.78. The van der Waals surface area contributed by atoms with Gasteiger partial charge in [0.05, 0.1) is 6.20 Å². The van der Waals surface area contributed by atoms with Gasteiger partial charge < -0.3 is 15.6 Å². The van der Waals surface area contributed by atoms with E-state index in [-0.39, 0.29) is 0 Å². The summed E-state index contributed by atoms with van der Waals surface area (Å²) in [5.41, 5.74) is 5.52. The van der Waals surface area contributed by atoms with E-state index < -0.39 is 0 Å². The van der Waals surface area contributed by atoms with Crippen LogP contribution in [0.25, 0.3) is 0 Å². The molecule has 0 radical (unpaired) electrons. The predicted octanol–water partition coefficient (Wildman–Crippen LogP) is 0.763. The van der Waals surface area contributed by atoms with Gasteiger partial charge in [0.15, 0.2) is 11.0 Å². The second-order valence-electron chi connectivity index (χ2n) is 2.59. The summed E-state index contributed by atoms with van der Waals surface area (Å²) in [6.07, 6.45) is 3.65. The molecule has 6 nitrogen and oxygen atoms in total. The number of aromatic nitrogens is 3. The lowest BCUT2D eigenvalue weighted by atomic mass is 10.4. The Kier molecular flexibility index (Phi) is 2.59. The molecule has 0 spiro atoms. The van der Waals surface area contributed by atoms with Gasteiger partial charge in [0.2, 0.25) is 6.39 Å². The third-order valence-electron chi connectivity index (χ3n) is 1.56. The van der Waals surface area contributed by atoms with Gasteiger partial charge in [-0.25, -0.2) is 4.98 Å². The van der Waals surface area contributed by atoms with E-state index in [0.29, 0.717) is 23.8 Å². The quantitative estimate of drug-likeness (QED) is 0.776. The Bertz CT molecular complexity index is 384. The lowest BCUT2D eigenvalue weighted by Gasteiger charge is -1.97. The highest BCUT2D eigenvalue weighted by molar-refractivity contribution is 7.19. The van der Waals surface area contributed by atoms with Gasteiger partial charge >= 0.3 is 0 Å². The summed E-state index contributed by atoms with van der Waals surface area (Å²) in [5.74, 6) is 0.682. The van der Waals surface area contributed by atoms with Crippen LogP contribution >= 0.6 is 11.3 Å². The lowest BCUT2D eigenvalue weighted by Crippen LogP contribution is -2.05. The molecular weight excluding hydrogens is 202 g/mol. The number of rotatable bonds is 4. The van der Waals surface area contributed by atoms with Crippen LogP contribution in [-0.2, 0) is 6.42 Å². The number of nitrogens with zero attached hydrogens (tertiary/aromatic N) is 3. The molecule has 7 heteroatoms. The molecule has 0 unspecified atom stereocenters. The molecule has 14 heavy (non-hydrogen) atoms. The Hall–Kier alpha value is -1.63. The van der Waals surface area contributed by atoms with Crippen LogP contribution in [0.5, 0.6) is 0 Å². The largest absolute Gasteiger partial charge is 0.389 e. The monoisotopic (exact) mass is 211 g/mol. The summed E-state index contributed by atoms with van der Waals surface area (Å²) in [6.45, 7) is 0.715. The Morgan fingerprint density at radius 3 is 3.07 bits per heavy atom. The molecular formula is C7H9N5OS. The molecule has 0 saturated carbocycles. The van der Waals surface area contributed by atoms with E-state index in [0.717, 1.165) is 5.13 Å². The highest BCUT2D eigenvalue weighted by Gasteiger charge is 2.00. The van der Waals surface area contributed by atoms with E-state index in [9.17, 15) is 0 Å². The zero-order valence-electron chi connectivity index (χ0n) is 7.30. The Morgan fingerprint density at radius 2 is 2.43 bits per heavy atom. The fourth-order valence-electron chi connectivity index (χ4n) is 0.952. The minimum absolute atomic E-state index is 0.682. The molecule has 2 rings (SSSR count). The Morgan fingerprint density at radius 1 is 1.50 bits per heavy atom. The van der Waals surface area contributed by atoms with E-state index in [1.807, 2.05) is 0 Å². The first-order valence-corrected chi connectivity index (χ1v) is 4.86. The summed E-state index contributed by atoms with van der Waals surface area (Å²) in [6, 6.07) is 0. The second-order valence-corrected chi connectivity index (χ2v) is 3.65. The van der Waals surface area contributed by atoms with Crippen LogP contribution in [0.15, 0.2) is 17.1 Å². The minimum atomic E-state index is 0.682. The van der Waals surface area contributed by atoms with Gasteiger partial charge in [-0.3, -0.25) is 0 Å². The molecule has 0 saturated heterocycles. The predicted molar refractivity (Wildman–Crippen MR) is 53.0 cm³/mol. The van der Waals surface area contributed by atoms with Crippen molar-refractivity contribution in [1.29, 1.82) is 0 Å². The molecule has 2 heterocycles. The molecule has 0 atom stereocenters. The summed E-state index contributed by atoms with van der Waals surface area (Å²) in [7, 11) is 0. The molecule has 2 aromatic heterocycles. The van der Waals surface area contributed by atoms with Crippen LogP contribution in [0, 0.1) is 0 Å². The number of nitrogens with two attached hydrogens (primary N) is 1.